The van der Waals surface area contributed by atoms with E-state index >= 15 is 0 Å². The topological polar surface area (TPSA) is 83.8 Å². The van der Waals surface area contributed by atoms with Gasteiger partial charge in [0.25, 0.3) is 0 Å². The molecule has 0 spiro atoms. The molecule has 0 radical (unpaired) electrons. The number of aromatic nitrogens is 2. The molecule has 4 N–H and O–H groups in total. The Morgan fingerprint density at radius 2 is 2.09 bits per heavy atom. The van der Waals surface area contributed by atoms with Gasteiger partial charge in [0.05, 0.1) is 17.1 Å². The lowest BCUT2D eigenvalue weighted by Crippen LogP contribution is -2.39. The summed E-state index contributed by atoms with van der Waals surface area (Å²) in [6.07, 6.45) is 6.28. The molecule has 1 fully saturated rings. The van der Waals surface area contributed by atoms with Crippen LogP contribution >= 0.6 is 0 Å². The van der Waals surface area contributed by atoms with E-state index in [1.807, 2.05) is 31.2 Å². The third-order valence-corrected chi connectivity index (χ3v) is 5.08. The molecule has 1 unspecified atom stereocenters. The number of imidazole rings is 1. The minimum Gasteiger partial charge on any atom is -0.346 e. The van der Waals surface area contributed by atoms with E-state index in [-0.39, 0.29) is 17.4 Å². The van der Waals surface area contributed by atoms with E-state index in [4.69, 9.17) is 5.73 Å². The molecule has 1 atom stereocenters. The first-order chi connectivity index (χ1) is 11.1. The zero-order chi connectivity index (χ0) is 16.3. The van der Waals surface area contributed by atoms with Crippen LogP contribution < -0.4 is 11.1 Å². The molecule has 5 nitrogen and oxygen atoms in total. The Labute approximate surface area is 137 Å². The van der Waals surface area contributed by atoms with Crippen LogP contribution in [0.25, 0.3) is 11.0 Å². The van der Waals surface area contributed by atoms with Crippen LogP contribution in [0.4, 0.5) is 0 Å². The number of hydrogen-bond donors (Lipinski definition) is 3. The lowest BCUT2D eigenvalue weighted by atomic mass is 9.71. The van der Waals surface area contributed by atoms with Gasteiger partial charge in [0.2, 0.25) is 5.91 Å². The molecular weight excluding hydrogens is 288 g/mol. The van der Waals surface area contributed by atoms with Crippen molar-refractivity contribution in [3.8, 4) is 0 Å². The van der Waals surface area contributed by atoms with Gasteiger partial charge in [-0.2, -0.15) is 0 Å². The van der Waals surface area contributed by atoms with Crippen molar-refractivity contribution in [2.24, 2.45) is 11.1 Å². The van der Waals surface area contributed by atoms with Crippen LogP contribution in [-0.4, -0.2) is 22.4 Å². The normalized spacial score (nSPS) is 18.7. The zero-order valence-electron chi connectivity index (χ0n) is 13.8. The standard InChI is InChI=1S/C18H26N4O/c1-13(17-21-14-7-3-4-8-15(14)22-17)20-16(23)11-18(12-19)9-5-2-6-10-18/h3-4,7-8,13H,2,5-6,9-12,19H2,1H3,(H,20,23)(H,21,22). The van der Waals surface area contributed by atoms with Crippen molar-refractivity contribution in [1.29, 1.82) is 0 Å². The second-order valence-corrected chi connectivity index (χ2v) is 6.87. The SMILES string of the molecule is CC(NC(=O)CC1(CN)CCCCC1)c1nc2ccccc2[nH]1. The number of fused-ring (bicyclic) bond motifs is 1. The van der Waals surface area contributed by atoms with E-state index in [0.29, 0.717) is 13.0 Å². The second kappa shape index (κ2) is 6.71. The van der Waals surface area contributed by atoms with Crippen LogP contribution in [0.1, 0.15) is 57.3 Å². The molecule has 0 aliphatic heterocycles. The van der Waals surface area contributed by atoms with Gasteiger partial charge in [-0.25, -0.2) is 4.98 Å². The summed E-state index contributed by atoms with van der Waals surface area (Å²) in [6, 6.07) is 7.76. The van der Waals surface area contributed by atoms with E-state index < -0.39 is 0 Å². The van der Waals surface area contributed by atoms with Crippen LogP contribution in [0.3, 0.4) is 0 Å². The molecular formula is C18H26N4O. The molecule has 23 heavy (non-hydrogen) atoms. The van der Waals surface area contributed by atoms with Crippen LogP contribution in [0.5, 0.6) is 0 Å². The second-order valence-electron chi connectivity index (χ2n) is 6.87. The molecule has 1 aromatic heterocycles. The van der Waals surface area contributed by atoms with Gasteiger partial charge in [0.15, 0.2) is 0 Å². The fourth-order valence-electron chi connectivity index (χ4n) is 3.63. The molecule has 1 aromatic carbocycles. The highest BCUT2D eigenvalue weighted by molar-refractivity contribution is 5.78. The lowest BCUT2D eigenvalue weighted by molar-refractivity contribution is -0.124. The first kappa shape index (κ1) is 16.0. The number of H-pyrrole nitrogens is 1. The minimum absolute atomic E-state index is 0.00404. The minimum atomic E-state index is -0.131. The monoisotopic (exact) mass is 314 g/mol. The van der Waals surface area contributed by atoms with Gasteiger partial charge in [0, 0.05) is 6.42 Å². The number of hydrogen-bond acceptors (Lipinski definition) is 3. The highest BCUT2D eigenvalue weighted by atomic mass is 16.1. The molecule has 1 aliphatic rings. The van der Waals surface area contributed by atoms with Gasteiger partial charge in [0.1, 0.15) is 5.82 Å². The summed E-state index contributed by atoms with van der Waals surface area (Å²) in [7, 11) is 0. The average molecular weight is 314 g/mol. The van der Waals surface area contributed by atoms with E-state index in [1.165, 1.54) is 19.3 Å². The van der Waals surface area contributed by atoms with Crippen molar-refractivity contribution in [2.75, 3.05) is 6.54 Å². The number of rotatable bonds is 5. The Kier molecular flexibility index (Phi) is 4.66. The summed E-state index contributed by atoms with van der Waals surface area (Å²) in [5, 5.41) is 3.08. The molecule has 3 rings (SSSR count). The van der Waals surface area contributed by atoms with E-state index in [1.54, 1.807) is 0 Å². The molecule has 124 valence electrons. The van der Waals surface area contributed by atoms with Crippen LogP contribution in [0, 0.1) is 5.41 Å². The molecule has 1 heterocycles. The number of carbonyl (C=O) groups excluding carboxylic acids is 1. The van der Waals surface area contributed by atoms with Gasteiger partial charge in [-0.05, 0) is 43.9 Å². The predicted molar refractivity (Wildman–Crippen MR) is 91.8 cm³/mol. The summed E-state index contributed by atoms with van der Waals surface area (Å²) < 4.78 is 0. The van der Waals surface area contributed by atoms with E-state index in [2.05, 4.69) is 15.3 Å². The average Bonchev–Trinajstić information content (AvgIpc) is 3.00. The Morgan fingerprint density at radius 3 is 2.78 bits per heavy atom. The Bertz CT molecular complexity index is 639. The van der Waals surface area contributed by atoms with E-state index in [9.17, 15) is 4.79 Å². The molecule has 1 saturated carbocycles. The van der Waals surface area contributed by atoms with Crippen molar-refractivity contribution in [1.82, 2.24) is 15.3 Å². The predicted octanol–water partition coefficient (Wildman–Crippen LogP) is 3.04. The smallest absolute Gasteiger partial charge is 0.221 e. The summed E-state index contributed by atoms with van der Waals surface area (Å²) in [4.78, 5) is 20.3. The summed E-state index contributed by atoms with van der Waals surface area (Å²) in [5.41, 5.74) is 7.90. The maximum atomic E-state index is 12.5. The van der Waals surface area contributed by atoms with Crippen molar-refractivity contribution in [3.05, 3.63) is 30.1 Å². The maximum Gasteiger partial charge on any atom is 0.221 e. The fourth-order valence-corrected chi connectivity index (χ4v) is 3.63. The molecule has 1 amide bonds. The molecule has 2 aromatic rings. The van der Waals surface area contributed by atoms with Crippen LogP contribution in [0.15, 0.2) is 24.3 Å². The first-order valence-corrected chi connectivity index (χ1v) is 8.56. The van der Waals surface area contributed by atoms with Crippen molar-refractivity contribution >= 4 is 16.9 Å². The Morgan fingerprint density at radius 1 is 1.35 bits per heavy atom. The number of nitrogens with one attached hydrogen (secondary N) is 2. The van der Waals surface area contributed by atoms with Gasteiger partial charge in [-0.3, -0.25) is 4.79 Å². The van der Waals surface area contributed by atoms with Crippen molar-refractivity contribution in [2.45, 2.75) is 51.5 Å². The maximum absolute atomic E-state index is 12.5. The quantitative estimate of drug-likeness (QED) is 0.793. The largest absolute Gasteiger partial charge is 0.346 e. The van der Waals surface area contributed by atoms with Crippen LogP contribution in [0.2, 0.25) is 0 Å². The third kappa shape index (κ3) is 3.55. The van der Waals surface area contributed by atoms with Crippen molar-refractivity contribution < 1.29 is 4.79 Å². The van der Waals surface area contributed by atoms with Gasteiger partial charge >= 0.3 is 0 Å². The van der Waals surface area contributed by atoms with Gasteiger partial charge in [-0.15, -0.1) is 0 Å². The summed E-state index contributed by atoms with van der Waals surface area (Å²) >= 11 is 0. The third-order valence-electron chi connectivity index (χ3n) is 5.08. The molecule has 1 aliphatic carbocycles. The molecule has 0 saturated heterocycles. The Balaban J connectivity index is 1.64. The number of amides is 1. The lowest BCUT2D eigenvalue weighted by Gasteiger charge is -2.35. The van der Waals surface area contributed by atoms with Crippen molar-refractivity contribution in [3.63, 3.8) is 0 Å². The fraction of sp³-hybridized carbons (Fsp3) is 0.556. The van der Waals surface area contributed by atoms with Gasteiger partial charge in [-0.1, -0.05) is 31.4 Å². The highest BCUT2D eigenvalue weighted by Gasteiger charge is 2.33. The summed E-state index contributed by atoms with van der Waals surface area (Å²) in [6.45, 7) is 2.56. The zero-order valence-corrected chi connectivity index (χ0v) is 13.8. The summed E-state index contributed by atoms with van der Waals surface area (Å²) in [5.74, 6) is 0.871. The first-order valence-electron chi connectivity index (χ1n) is 8.56. The highest BCUT2D eigenvalue weighted by Crippen LogP contribution is 2.38. The Hall–Kier alpha value is -1.88. The number of nitrogens with two attached hydrogens (primary N) is 1. The molecule has 5 heteroatoms. The van der Waals surface area contributed by atoms with Gasteiger partial charge < -0.3 is 16.0 Å². The number of aromatic amines is 1. The molecule has 0 bridgehead atoms. The number of para-hydroxylation sites is 2. The van der Waals surface area contributed by atoms with Crippen LogP contribution in [-0.2, 0) is 4.79 Å². The number of nitrogens with zero attached hydrogens (tertiary/aromatic N) is 1. The number of carbonyl (C=O) groups is 1. The van der Waals surface area contributed by atoms with E-state index in [0.717, 1.165) is 29.7 Å². The number of benzene rings is 1.